The first-order chi connectivity index (χ1) is 17.8. The lowest BCUT2D eigenvalue weighted by Gasteiger charge is -2.27. The second kappa shape index (κ2) is 13.5. The number of unbranched alkanes of at least 4 members (excludes halogenated alkanes) is 3. The molecule has 0 bridgehead atoms. The van der Waals surface area contributed by atoms with E-state index in [-0.39, 0.29) is 48.1 Å². The van der Waals surface area contributed by atoms with Crippen molar-refractivity contribution in [2.24, 2.45) is 0 Å². The molecule has 1 unspecified atom stereocenters. The van der Waals surface area contributed by atoms with Crippen LogP contribution in [0.15, 0.2) is 18.2 Å². The predicted octanol–water partition coefficient (Wildman–Crippen LogP) is -0.131. The van der Waals surface area contributed by atoms with Crippen LogP contribution in [-0.2, 0) is 19.2 Å². The molecule has 1 aromatic rings. The van der Waals surface area contributed by atoms with E-state index >= 15 is 0 Å². The quantitative estimate of drug-likeness (QED) is 0.197. The van der Waals surface area contributed by atoms with Gasteiger partial charge in [0, 0.05) is 32.5 Å². The highest BCUT2D eigenvalue weighted by atomic mass is 16.5. The lowest BCUT2D eigenvalue weighted by molar-refractivity contribution is -0.136. The number of ether oxygens (including phenoxy) is 1. The van der Waals surface area contributed by atoms with Gasteiger partial charge in [-0.05, 0) is 38.4 Å². The smallest absolute Gasteiger partial charge is 0.266 e. The van der Waals surface area contributed by atoms with Crippen molar-refractivity contribution in [3.05, 3.63) is 29.3 Å². The molecule has 1 atom stereocenters. The third-order valence-corrected chi connectivity index (χ3v) is 6.14. The lowest BCUT2D eigenvalue weighted by atomic mass is 10.0. The van der Waals surface area contributed by atoms with Crippen molar-refractivity contribution < 1.29 is 33.5 Å². The van der Waals surface area contributed by atoms with E-state index in [4.69, 9.17) is 4.74 Å². The summed E-state index contributed by atoms with van der Waals surface area (Å²) < 4.78 is 5.56. The highest BCUT2D eigenvalue weighted by molar-refractivity contribution is 6.24. The Morgan fingerprint density at radius 2 is 1.73 bits per heavy atom. The number of piperidine rings is 1. The summed E-state index contributed by atoms with van der Waals surface area (Å²) in [6.07, 6.45) is 3.84. The van der Waals surface area contributed by atoms with Gasteiger partial charge in [-0.15, -0.1) is 0 Å². The number of nitrogens with one attached hydrogen (secondary N) is 4. The zero-order valence-electron chi connectivity index (χ0n) is 20.9. The van der Waals surface area contributed by atoms with Crippen molar-refractivity contribution in [2.45, 2.75) is 51.0 Å². The molecule has 0 saturated carbocycles. The molecule has 6 amide bonds. The van der Waals surface area contributed by atoms with Crippen LogP contribution < -0.4 is 26.0 Å². The largest absolute Gasteiger partial charge is 0.483 e. The average Bonchev–Trinajstić information content (AvgIpc) is 3.12. The molecule has 0 radical (unpaired) electrons. The fourth-order valence-electron chi connectivity index (χ4n) is 4.21. The van der Waals surface area contributed by atoms with E-state index < -0.39 is 29.7 Å². The Balaban J connectivity index is 1.41. The van der Waals surface area contributed by atoms with Gasteiger partial charge in [-0.25, -0.2) is 0 Å². The van der Waals surface area contributed by atoms with Crippen LogP contribution in [0.4, 0.5) is 0 Å². The van der Waals surface area contributed by atoms with Gasteiger partial charge in [0.1, 0.15) is 11.8 Å². The fraction of sp³-hybridized carbons (Fsp3) is 0.520. The molecule has 0 aromatic heterocycles. The highest BCUT2D eigenvalue weighted by Gasteiger charge is 2.46. The molecule has 3 rings (SSSR count). The summed E-state index contributed by atoms with van der Waals surface area (Å²) in [5.41, 5.74) is 0.0864. The van der Waals surface area contributed by atoms with E-state index in [1.54, 1.807) is 0 Å². The minimum absolute atomic E-state index is 0.00000553. The number of carbonyl (C=O) groups is 6. The zero-order valence-corrected chi connectivity index (χ0v) is 20.9. The summed E-state index contributed by atoms with van der Waals surface area (Å²) in [5.74, 6) is -2.74. The van der Waals surface area contributed by atoms with Crippen LogP contribution in [-0.4, -0.2) is 79.7 Å². The van der Waals surface area contributed by atoms with Gasteiger partial charge in [0.05, 0.1) is 11.1 Å². The van der Waals surface area contributed by atoms with Gasteiger partial charge in [-0.2, -0.15) is 0 Å². The molecule has 0 aliphatic carbocycles. The van der Waals surface area contributed by atoms with Crippen LogP contribution in [0.5, 0.6) is 5.75 Å². The molecule has 37 heavy (non-hydrogen) atoms. The molecule has 2 aliphatic heterocycles. The van der Waals surface area contributed by atoms with Crippen molar-refractivity contribution in [1.29, 1.82) is 0 Å². The number of rotatable bonds is 14. The summed E-state index contributed by atoms with van der Waals surface area (Å²) >= 11 is 0. The van der Waals surface area contributed by atoms with Gasteiger partial charge in [0.25, 0.3) is 17.7 Å². The highest BCUT2D eigenvalue weighted by Crippen LogP contribution is 2.33. The predicted molar refractivity (Wildman–Crippen MR) is 132 cm³/mol. The molecule has 200 valence electrons. The second-order valence-corrected chi connectivity index (χ2v) is 8.88. The Bertz CT molecular complexity index is 1060. The summed E-state index contributed by atoms with van der Waals surface area (Å²) in [4.78, 5) is 74.2. The number of fused-ring (bicyclic) bond motifs is 1. The number of nitrogens with zero attached hydrogens (tertiary/aromatic N) is 1. The minimum atomic E-state index is -1.08. The minimum Gasteiger partial charge on any atom is -0.483 e. The third-order valence-electron chi connectivity index (χ3n) is 6.14. The molecular formula is C25H33N5O7. The van der Waals surface area contributed by atoms with Gasteiger partial charge in [-0.3, -0.25) is 39.0 Å². The molecule has 2 heterocycles. The van der Waals surface area contributed by atoms with Crippen molar-refractivity contribution in [1.82, 2.24) is 26.2 Å². The SMILES string of the molecule is CNCCNC(=O)CCCCCCNC(=O)COc1cccc2c1C(=O)N(C1CCC(=O)NC1=O)C2=O. The molecule has 12 heteroatoms. The van der Waals surface area contributed by atoms with Crippen LogP contribution in [0.3, 0.4) is 0 Å². The van der Waals surface area contributed by atoms with E-state index in [0.29, 0.717) is 19.5 Å². The number of hydrogen-bond acceptors (Lipinski definition) is 8. The van der Waals surface area contributed by atoms with E-state index in [9.17, 15) is 28.8 Å². The fourth-order valence-corrected chi connectivity index (χ4v) is 4.21. The van der Waals surface area contributed by atoms with E-state index in [0.717, 1.165) is 37.1 Å². The summed E-state index contributed by atoms with van der Waals surface area (Å²) in [6.45, 7) is 1.45. The lowest BCUT2D eigenvalue weighted by Crippen LogP contribution is -2.54. The van der Waals surface area contributed by atoms with Crippen molar-refractivity contribution >= 4 is 35.4 Å². The average molecular weight is 516 g/mol. The van der Waals surface area contributed by atoms with Gasteiger partial charge >= 0.3 is 0 Å². The van der Waals surface area contributed by atoms with Crippen molar-refractivity contribution in [3.63, 3.8) is 0 Å². The standard InChI is InChI=1S/C25H33N5O7/c1-26-13-14-28-19(31)9-4-2-3-5-12-27-21(33)15-37-18-8-6-7-16-22(18)25(36)30(24(16)35)17-10-11-20(32)29-23(17)34/h6-8,17,26H,2-5,9-15H2,1H3,(H,27,33)(H,28,31)(H,29,32,34). The maximum Gasteiger partial charge on any atom is 0.266 e. The summed E-state index contributed by atoms with van der Waals surface area (Å²) in [6, 6.07) is 3.40. The molecule has 2 aliphatic rings. The van der Waals surface area contributed by atoms with Gasteiger partial charge in [0.15, 0.2) is 6.61 Å². The van der Waals surface area contributed by atoms with E-state index in [2.05, 4.69) is 21.3 Å². The number of imide groups is 2. The Morgan fingerprint density at radius 3 is 2.49 bits per heavy atom. The molecular weight excluding hydrogens is 482 g/mol. The van der Waals surface area contributed by atoms with Crippen LogP contribution in [0.25, 0.3) is 0 Å². The molecule has 12 nitrogen and oxygen atoms in total. The maximum atomic E-state index is 13.0. The summed E-state index contributed by atoms with van der Waals surface area (Å²) in [5, 5.41) is 10.7. The topological polar surface area (TPSA) is 163 Å². The maximum absolute atomic E-state index is 13.0. The number of likely N-dealkylation sites (N-methyl/N-ethyl adjacent to an activating group) is 1. The number of hydrogen-bond donors (Lipinski definition) is 4. The number of carbonyl (C=O) groups excluding carboxylic acids is 6. The first kappa shape index (κ1) is 27.8. The molecule has 0 spiro atoms. The van der Waals surface area contributed by atoms with Gasteiger partial charge in [-0.1, -0.05) is 18.9 Å². The normalized spacial score (nSPS) is 16.9. The zero-order chi connectivity index (χ0) is 26.8. The summed E-state index contributed by atoms with van der Waals surface area (Å²) in [7, 11) is 1.83. The first-order valence-corrected chi connectivity index (χ1v) is 12.5. The van der Waals surface area contributed by atoms with Crippen molar-refractivity contribution in [3.8, 4) is 5.75 Å². The van der Waals surface area contributed by atoms with Crippen molar-refractivity contribution in [2.75, 3.05) is 33.3 Å². The van der Waals surface area contributed by atoms with Gasteiger partial charge < -0.3 is 20.7 Å². The molecule has 1 aromatic carbocycles. The van der Waals surface area contributed by atoms with E-state index in [1.807, 2.05) is 7.05 Å². The first-order valence-electron chi connectivity index (χ1n) is 12.5. The van der Waals surface area contributed by atoms with E-state index in [1.165, 1.54) is 18.2 Å². The molecule has 1 saturated heterocycles. The van der Waals surface area contributed by atoms with Crippen LogP contribution >= 0.6 is 0 Å². The third kappa shape index (κ3) is 7.35. The Hall–Kier alpha value is -3.80. The monoisotopic (exact) mass is 515 g/mol. The second-order valence-electron chi connectivity index (χ2n) is 8.88. The van der Waals surface area contributed by atoms with Gasteiger partial charge in [0.2, 0.25) is 17.7 Å². The number of amides is 6. The molecule has 1 fully saturated rings. The Kier molecular flexibility index (Phi) is 10.1. The molecule has 4 N–H and O–H groups in total. The van der Waals surface area contributed by atoms with Crippen LogP contribution in [0.2, 0.25) is 0 Å². The Morgan fingerprint density at radius 1 is 0.973 bits per heavy atom. The van der Waals surface area contributed by atoms with Crippen LogP contribution in [0.1, 0.15) is 65.7 Å². The van der Waals surface area contributed by atoms with Crippen LogP contribution in [0, 0.1) is 0 Å². The number of benzene rings is 1. The Labute approximate surface area is 214 Å².